The number of aromatic nitrogens is 3. The van der Waals surface area contributed by atoms with Gasteiger partial charge in [0.2, 0.25) is 5.95 Å². The van der Waals surface area contributed by atoms with Gasteiger partial charge in [0.05, 0.1) is 14.2 Å². The molecular formula is C12H19BrN4O2. The smallest absolute Gasteiger partial charge is 0.324 e. The highest BCUT2D eigenvalue weighted by atomic mass is 79.9. The van der Waals surface area contributed by atoms with Gasteiger partial charge < -0.3 is 14.4 Å². The van der Waals surface area contributed by atoms with Crippen molar-refractivity contribution < 1.29 is 9.47 Å². The maximum absolute atomic E-state index is 5.11. The van der Waals surface area contributed by atoms with Gasteiger partial charge in [0.15, 0.2) is 0 Å². The first-order chi connectivity index (χ1) is 9.28. The van der Waals surface area contributed by atoms with Crippen LogP contribution in [0.2, 0.25) is 0 Å². The Bertz CT molecular complexity index is 396. The molecule has 0 radical (unpaired) electrons. The summed E-state index contributed by atoms with van der Waals surface area (Å²) in [5.74, 6) is 0.634. The lowest BCUT2D eigenvalue weighted by atomic mass is 10.1. The Morgan fingerprint density at radius 3 is 2.37 bits per heavy atom. The van der Waals surface area contributed by atoms with Crippen molar-refractivity contribution in [3.8, 4) is 12.0 Å². The van der Waals surface area contributed by atoms with Gasteiger partial charge in [0, 0.05) is 17.9 Å². The van der Waals surface area contributed by atoms with Crippen LogP contribution in [0.25, 0.3) is 0 Å². The molecule has 1 aliphatic rings. The zero-order valence-corrected chi connectivity index (χ0v) is 12.9. The number of anilines is 1. The van der Waals surface area contributed by atoms with Crippen molar-refractivity contribution >= 4 is 21.9 Å². The molecule has 0 aromatic carbocycles. The molecule has 19 heavy (non-hydrogen) atoms. The summed E-state index contributed by atoms with van der Waals surface area (Å²) in [5.41, 5.74) is 0. The Balaban J connectivity index is 2.31. The molecule has 1 aromatic heterocycles. The first-order valence-electron chi connectivity index (χ1n) is 6.45. The van der Waals surface area contributed by atoms with Crippen molar-refractivity contribution in [3.05, 3.63) is 0 Å². The highest BCUT2D eigenvalue weighted by Crippen LogP contribution is 2.24. The second-order valence-corrected chi connectivity index (χ2v) is 5.11. The third-order valence-corrected chi connectivity index (χ3v) is 4.01. The van der Waals surface area contributed by atoms with Crippen LogP contribution < -0.4 is 14.4 Å². The van der Waals surface area contributed by atoms with Crippen LogP contribution in [0.15, 0.2) is 0 Å². The molecule has 2 rings (SSSR count). The topological polar surface area (TPSA) is 60.4 Å². The molecule has 0 bridgehead atoms. The van der Waals surface area contributed by atoms with E-state index in [0.29, 0.717) is 24.0 Å². The molecule has 0 amide bonds. The van der Waals surface area contributed by atoms with Gasteiger partial charge in [0.1, 0.15) is 0 Å². The Morgan fingerprint density at radius 2 is 1.79 bits per heavy atom. The third-order valence-electron chi connectivity index (χ3n) is 3.26. The average molecular weight is 331 g/mol. The van der Waals surface area contributed by atoms with Gasteiger partial charge in [-0.2, -0.15) is 9.97 Å². The Hall–Kier alpha value is -1.11. The van der Waals surface area contributed by atoms with Gasteiger partial charge >= 0.3 is 12.0 Å². The summed E-state index contributed by atoms with van der Waals surface area (Å²) >= 11 is 3.58. The second-order valence-electron chi connectivity index (χ2n) is 4.46. The average Bonchev–Trinajstić information content (AvgIpc) is 2.71. The molecule has 1 aromatic rings. The standard InChI is InChI=1S/C12H19BrN4O2/c1-18-11-14-10(15-12(16-11)19-2)17-7-5-3-4-6-9(17)8-13/h9H,3-8H2,1-2H3. The molecular weight excluding hydrogens is 312 g/mol. The summed E-state index contributed by atoms with van der Waals surface area (Å²) < 4.78 is 10.2. The lowest BCUT2D eigenvalue weighted by Crippen LogP contribution is -2.37. The summed E-state index contributed by atoms with van der Waals surface area (Å²) in [4.78, 5) is 14.9. The fourth-order valence-corrected chi connectivity index (χ4v) is 2.91. The number of rotatable bonds is 4. The van der Waals surface area contributed by atoms with Crippen LogP contribution in [-0.4, -0.2) is 47.1 Å². The molecule has 6 nitrogen and oxygen atoms in total. The van der Waals surface area contributed by atoms with Gasteiger partial charge in [-0.3, -0.25) is 0 Å². The van der Waals surface area contributed by atoms with E-state index in [4.69, 9.17) is 9.47 Å². The highest BCUT2D eigenvalue weighted by molar-refractivity contribution is 9.09. The van der Waals surface area contributed by atoms with E-state index in [-0.39, 0.29) is 0 Å². The molecule has 2 heterocycles. The van der Waals surface area contributed by atoms with E-state index in [1.807, 2.05) is 0 Å². The fourth-order valence-electron chi connectivity index (χ4n) is 2.24. The van der Waals surface area contributed by atoms with Crippen LogP contribution in [-0.2, 0) is 0 Å². The third kappa shape index (κ3) is 3.46. The monoisotopic (exact) mass is 330 g/mol. The summed E-state index contributed by atoms with van der Waals surface area (Å²) in [6.45, 7) is 0.951. The van der Waals surface area contributed by atoms with E-state index >= 15 is 0 Å². The number of hydrogen-bond donors (Lipinski definition) is 0. The van der Waals surface area contributed by atoms with Crippen LogP contribution in [0.4, 0.5) is 5.95 Å². The van der Waals surface area contributed by atoms with Crippen molar-refractivity contribution in [1.29, 1.82) is 0 Å². The summed E-state index contributed by atoms with van der Waals surface area (Å²) in [7, 11) is 3.09. The lowest BCUT2D eigenvalue weighted by Gasteiger charge is -2.28. The van der Waals surface area contributed by atoms with Crippen molar-refractivity contribution in [3.63, 3.8) is 0 Å². The van der Waals surface area contributed by atoms with E-state index in [1.165, 1.54) is 12.8 Å². The minimum absolute atomic E-state index is 0.291. The molecule has 0 N–H and O–H groups in total. The molecule has 1 aliphatic heterocycles. The fraction of sp³-hybridized carbons (Fsp3) is 0.750. The van der Waals surface area contributed by atoms with Crippen molar-refractivity contribution in [1.82, 2.24) is 15.0 Å². The van der Waals surface area contributed by atoms with Crippen LogP contribution in [0.3, 0.4) is 0 Å². The molecule has 1 atom stereocenters. The zero-order chi connectivity index (χ0) is 13.7. The Kier molecular flexibility index (Phi) is 5.18. The van der Waals surface area contributed by atoms with E-state index in [9.17, 15) is 0 Å². The van der Waals surface area contributed by atoms with E-state index in [0.717, 1.165) is 24.7 Å². The molecule has 1 saturated heterocycles. The first kappa shape index (κ1) is 14.3. The molecule has 0 saturated carbocycles. The lowest BCUT2D eigenvalue weighted by molar-refractivity contribution is 0.339. The van der Waals surface area contributed by atoms with Crippen molar-refractivity contribution in [2.75, 3.05) is 31.0 Å². The maximum atomic E-state index is 5.11. The maximum Gasteiger partial charge on any atom is 0.324 e. The molecule has 106 valence electrons. The van der Waals surface area contributed by atoms with E-state index in [2.05, 4.69) is 35.8 Å². The van der Waals surface area contributed by atoms with Gasteiger partial charge in [0.25, 0.3) is 0 Å². The quantitative estimate of drug-likeness (QED) is 0.787. The van der Waals surface area contributed by atoms with Crippen molar-refractivity contribution in [2.45, 2.75) is 31.7 Å². The number of hydrogen-bond acceptors (Lipinski definition) is 6. The van der Waals surface area contributed by atoms with E-state index < -0.39 is 0 Å². The number of nitrogens with zero attached hydrogens (tertiary/aromatic N) is 4. The SMILES string of the molecule is COc1nc(OC)nc(N2CCCCCC2CBr)n1. The van der Waals surface area contributed by atoms with Crippen LogP contribution >= 0.6 is 15.9 Å². The molecule has 0 spiro atoms. The Labute approximate surface area is 121 Å². The molecule has 7 heteroatoms. The highest BCUT2D eigenvalue weighted by Gasteiger charge is 2.24. The number of methoxy groups -OCH3 is 2. The minimum Gasteiger partial charge on any atom is -0.467 e. The minimum atomic E-state index is 0.291. The summed E-state index contributed by atoms with van der Waals surface area (Å²) in [6.07, 6.45) is 4.78. The number of alkyl halides is 1. The van der Waals surface area contributed by atoms with Crippen LogP contribution in [0.5, 0.6) is 12.0 Å². The number of ether oxygens (including phenoxy) is 2. The van der Waals surface area contributed by atoms with E-state index in [1.54, 1.807) is 14.2 Å². The van der Waals surface area contributed by atoms with Crippen molar-refractivity contribution in [2.24, 2.45) is 0 Å². The molecule has 0 aliphatic carbocycles. The van der Waals surface area contributed by atoms with Gasteiger partial charge in [-0.15, -0.1) is 4.98 Å². The Morgan fingerprint density at radius 1 is 1.11 bits per heavy atom. The first-order valence-corrected chi connectivity index (χ1v) is 7.57. The predicted octanol–water partition coefficient (Wildman–Crippen LogP) is 2.03. The molecule has 1 unspecified atom stereocenters. The normalized spacial score (nSPS) is 19.9. The number of halogens is 1. The van der Waals surface area contributed by atoms with Gasteiger partial charge in [-0.1, -0.05) is 28.8 Å². The van der Waals surface area contributed by atoms with Crippen LogP contribution in [0.1, 0.15) is 25.7 Å². The zero-order valence-electron chi connectivity index (χ0n) is 11.3. The summed E-state index contributed by atoms with van der Waals surface area (Å²) in [5, 5.41) is 0.906. The second kappa shape index (κ2) is 6.88. The van der Waals surface area contributed by atoms with Crippen LogP contribution in [0, 0.1) is 0 Å². The largest absolute Gasteiger partial charge is 0.467 e. The summed E-state index contributed by atoms with van der Waals surface area (Å²) in [6, 6.07) is 0.984. The van der Waals surface area contributed by atoms with Gasteiger partial charge in [-0.05, 0) is 12.8 Å². The predicted molar refractivity (Wildman–Crippen MR) is 76.3 cm³/mol. The van der Waals surface area contributed by atoms with Gasteiger partial charge in [-0.25, -0.2) is 0 Å². The molecule has 1 fully saturated rings.